The number of thioether (sulfide) groups is 1. The maximum atomic E-state index is 4.21. The predicted octanol–water partition coefficient (Wildman–Crippen LogP) is 1.10. The molecule has 1 aromatic rings. The van der Waals surface area contributed by atoms with E-state index < -0.39 is 0 Å². The zero-order valence-corrected chi connectivity index (χ0v) is 13.2. The molecule has 0 amide bonds. The molecule has 19 heavy (non-hydrogen) atoms. The van der Waals surface area contributed by atoms with Crippen molar-refractivity contribution in [2.45, 2.75) is 38.6 Å². The van der Waals surface area contributed by atoms with E-state index in [1.807, 2.05) is 16.3 Å². The molecule has 0 unspecified atom stereocenters. The second-order valence-corrected chi connectivity index (χ2v) is 6.29. The number of hydrogen-bond donors (Lipinski definition) is 2. The number of rotatable bonds is 6. The fraction of sp³-hybridized carbons (Fsp3) is 0.750. The van der Waals surface area contributed by atoms with Gasteiger partial charge in [-0.05, 0) is 27.0 Å². The van der Waals surface area contributed by atoms with Crippen LogP contribution in [0.15, 0.2) is 11.3 Å². The summed E-state index contributed by atoms with van der Waals surface area (Å²) in [4.78, 5) is 4.21. The van der Waals surface area contributed by atoms with E-state index in [1.54, 1.807) is 13.4 Å². The second-order valence-electron chi connectivity index (χ2n) is 4.78. The summed E-state index contributed by atoms with van der Waals surface area (Å²) in [5.74, 6) is 1.70. The van der Waals surface area contributed by atoms with Gasteiger partial charge in [-0.1, -0.05) is 0 Å². The number of aliphatic imine (C=N–C) groups is 1. The van der Waals surface area contributed by atoms with Crippen molar-refractivity contribution in [2.75, 3.05) is 19.8 Å². The fourth-order valence-corrected chi connectivity index (χ4v) is 1.65. The Kier molecular flexibility index (Phi) is 6.14. The van der Waals surface area contributed by atoms with E-state index in [4.69, 9.17) is 0 Å². The summed E-state index contributed by atoms with van der Waals surface area (Å²) < 4.78 is 2.19. The van der Waals surface area contributed by atoms with Crippen LogP contribution in [0.3, 0.4) is 0 Å². The standard InChI is InChI=1S/C12H24N6S/c1-6-18-9-16-17-10(18)7-14-11(13-4)15-8-12(2,3)19-5/h9H,6-8H2,1-5H3,(H2,13,14,15). The van der Waals surface area contributed by atoms with Crippen LogP contribution in [0.2, 0.25) is 0 Å². The molecule has 1 heterocycles. The average Bonchev–Trinajstić information content (AvgIpc) is 2.86. The first-order valence-corrected chi connectivity index (χ1v) is 7.61. The van der Waals surface area contributed by atoms with E-state index >= 15 is 0 Å². The molecule has 6 nitrogen and oxygen atoms in total. The zero-order valence-electron chi connectivity index (χ0n) is 12.4. The molecule has 0 bridgehead atoms. The first-order valence-electron chi connectivity index (χ1n) is 6.38. The molecule has 0 aliphatic heterocycles. The van der Waals surface area contributed by atoms with Gasteiger partial charge in [0.25, 0.3) is 0 Å². The van der Waals surface area contributed by atoms with E-state index in [-0.39, 0.29) is 4.75 Å². The van der Waals surface area contributed by atoms with Crippen molar-refractivity contribution in [2.24, 2.45) is 4.99 Å². The van der Waals surface area contributed by atoms with Crippen molar-refractivity contribution in [1.82, 2.24) is 25.4 Å². The van der Waals surface area contributed by atoms with Crippen LogP contribution in [0.5, 0.6) is 0 Å². The lowest BCUT2D eigenvalue weighted by Crippen LogP contribution is -2.43. The molecule has 7 heteroatoms. The van der Waals surface area contributed by atoms with E-state index in [2.05, 4.69) is 52.9 Å². The van der Waals surface area contributed by atoms with Gasteiger partial charge in [-0.3, -0.25) is 4.99 Å². The molecule has 0 aromatic carbocycles. The van der Waals surface area contributed by atoms with Gasteiger partial charge in [0.2, 0.25) is 0 Å². The Balaban J connectivity index is 2.46. The number of aromatic nitrogens is 3. The van der Waals surface area contributed by atoms with Crippen LogP contribution in [0.1, 0.15) is 26.6 Å². The molecule has 108 valence electrons. The van der Waals surface area contributed by atoms with Crippen LogP contribution in [-0.4, -0.2) is 45.3 Å². The molecule has 0 fully saturated rings. The van der Waals surface area contributed by atoms with Gasteiger partial charge in [-0.15, -0.1) is 10.2 Å². The topological polar surface area (TPSA) is 67.1 Å². The van der Waals surface area contributed by atoms with Crippen LogP contribution in [-0.2, 0) is 13.1 Å². The van der Waals surface area contributed by atoms with Gasteiger partial charge in [-0.2, -0.15) is 11.8 Å². The molecule has 0 atom stereocenters. The third-order valence-corrected chi connectivity index (χ3v) is 4.16. The Hall–Kier alpha value is -1.24. The van der Waals surface area contributed by atoms with Crippen molar-refractivity contribution in [3.63, 3.8) is 0 Å². The number of nitrogens with one attached hydrogen (secondary N) is 2. The highest BCUT2D eigenvalue weighted by Gasteiger charge is 2.16. The lowest BCUT2D eigenvalue weighted by molar-refractivity contribution is 0.645. The second kappa shape index (κ2) is 7.37. The summed E-state index contributed by atoms with van der Waals surface area (Å²) in [6.07, 6.45) is 3.85. The minimum absolute atomic E-state index is 0.182. The van der Waals surface area contributed by atoms with Crippen LogP contribution >= 0.6 is 11.8 Å². The molecular formula is C12H24N6S. The van der Waals surface area contributed by atoms with Gasteiger partial charge in [-0.25, -0.2) is 0 Å². The van der Waals surface area contributed by atoms with E-state index in [0.29, 0.717) is 6.54 Å². The molecule has 0 aliphatic carbocycles. The predicted molar refractivity (Wildman–Crippen MR) is 81.5 cm³/mol. The first-order chi connectivity index (χ1) is 9.02. The zero-order chi connectivity index (χ0) is 14.3. The van der Waals surface area contributed by atoms with Crippen LogP contribution < -0.4 is 10.6 Å². The molecule has 0 saturated carbocycles. The lowest BCUT2D eigenvalue weighted by Gasteiger charge is -2.23. The third kappa shape index (κ3) is 5.10. The maximum Gasteiger partial charge on any atom is 0.191 e. The molecule has 0 aliphatic rings. The molecular weight excluding hydrogens is 260 g/mol. The highest BCUT2D eigenvalue weighted by atomic mass is 32.2. The molecule has 1 aromatic heterocycles. The lowest BCUT2D eigenvalue weighted by atomic mass is 10.2. The van der Waals surface area contributed by atoms with Gasteiger partial charge in [0.1, 0.15) is 6.33 Å². The van der Waals surface area contributed by atoms with Gasteiger partial charge >= 0.3 is 0 Å². The third-order valence-electron chi connectivity index (χ3n) is 2.91. The van der Waals surface area contributed by atoms with E-state index in [1.165, 1.54) is 0 Å². The van der Waals surface area contributed by atoms with Gasteiger partial charge in [0, 0.05) is 24.9 Å². The van der Waals surface area contributed by atoms with Crippen molar-refractivity contribution >= 4 is 17.7 Å². The average molecular weight is 284 g/mol. The van der Waals surface area contributed by atoms with E-state index in [9.17, 15) is 0 Å². The molecule has 0 radical (unpaired) electrons. The Morgan fingerprint density at radius 2 is 2.21 bits per heavy atom. The maximum absolute atomic E-state index is 4.21. The molecule has 0 saturated heterocycles. The molecule has 2 N–H and O–H groups in total. The monoisotopic (exact) mass is 284 g/mol. The van der Waals surface area contributed by atoms with Crippen molar-refractivity contribution in [3.8, 4) is 0 Å². The molecule has 1 rings (SSSR count). The number of guanidine groups is 1. The normalized spacial score (nSPS) is 12.6. The van der Waals surface area contributed by atoms with Gasteiger partial charge in [0.05, 0.1) is 6.54 Å². The highest BCUT2D eigenvalue weighted by molar-refractivity contribution is 7.99. The minimum atomic E-state index is 0.182. The van der Waals surface area contributed by atoms with Gasteiger partial charge in [0.15, 0.2) is 11.8 Å². The number of nitrogens with zero attached hydrogens (tertiary/aromatic N) is 4. The SMILES string of the molecule is CCn1cnnc1CNC(=NC)NCC(C)(C)SC. The van der Waals surface area contributed by atoms with E-state index in [0.717, 1.165) is 24.9 Å². The Morgan fingerprint density at radius 3 is 2.79 bits per heavy atom. The summed E-state index contributed by atoms with van der Waals surface area (Å²) >= 11 is 1.83. The molecule has 0 spiro atoms. The van der Waals surface area contributed by atoms with Crippen LogP contribution in [0, 0.1) is 0 Å². The summed E-state index contributed by atoms with van der Waals surface area (Å²) in [5.41, 5.74) is 0. The minimum Gasteiger partial charge on any atom is -0.355 e. The number of aryl methyl sites for hydroxylation is 1. The van der Waals surface area contributed by atoms with Crippen LogP contribution in [0.4, 0.5) is 0 Å². The van der Waals surface area contributed by atoms with Crippen molar-refractivity contribution in [1.29, 1.82) is 0 Å². The highest BCUT2D eigenvalue weighted by Crippen LogP contribution is 2.19. The Labute approximate surface area is 119 Å². The first kappa shape index (κ1) is 15.8. The number of hydrogen-bond acceptors (Lipinski definition) is 4. The smallest absolute Gasteiger partial charge is 0.191 e. The summed E-state index contributed by atoms with van der Waals surface area (Å²) in [6.45, 7) is 8.81. The quantitative estimate of drug-likeness (QED) is 0.605. The van der Waals surface area contributed by atoms with Crippen LogP contribution in [0.25, 0.3) is 0 Å². The van der Waals surface area contributed by atoms with Gasteiger partial charge < -0.3 is 15.2 Å². The summed E-state index contributed by atoms with van der Waals surface area (Å²) in [7, 11) is 1.77. The Morgan fingerprint density at radius 1 is 1.47 bits per heavy atom. The Bertz CT molecular complexity index is 412. The summed E-state index contributed by atoms with van der Waals surface area (Å²) in [6, 6.07) is 0. The van der Waals surface area contributed by atoms with Crippen molar-refractivity contribution < 1.29 is 0 Å². The summed E-state index contributed by atoms with van der Waals surface area (Å²) in [5, 5.41) is 14.6. The van der Waals surface area contributed by atoms with Crippen molar-refractivity contribution in [3.05, 3.63) is 12.2 Å². The fourth-order valence-electron chi connectivity index (χ4n) is 1.43. The largest absolute Gasteiger partial charge is 0.355 e.